The molecule has 3 fully saturated rings. The third kappa shape index (κ3) is 4.05. The van der Waals surface area contributed by atoms with Crippen LogP contribution in [0.1, 0.15) is 29.9 Å². The van der Waals surface area contributed by atoms with E-state index in [4.69, 9.17) is 23.2 Å². The lowest BCUT2D eigenvalue weighted by atomic mass is 9.56. The molecule has 9 nitrogen and oxygen atoms in total. The molecule has 1 saturated carbocycles. The molecule has 0 unspecified atom stereocenters. The van der Waals surface area contributed by atoms with Crippen LogP contribution in [0.15, 0.2) is 66.8 Å². The third-order valence-corrected chi connectivity index (χ3v) is 11.2. The van der Waals surface area contributed by atoms with Crippen LogP contribution in [0.4, 0.5) is 5.69 Å². The lowest BCUT2D eigenvalue weighted by molar-refractivity contribution is -0.138. The average Bonchev–Trinajstić information content (AvgIpc) is 3.32. The highest BCUT2D eigenvalue weighted by Crippen LogP contribution is 2.66. The Bertz CT molecular complexity index is 1640. The van der Waals surface area contributed by atoms with Gasteiger partial charge in [0.1, 0.15) is 5.75 Å². The van der Waals surface area contributed by atoms with Crippen molar-refractivity contribution in [2.24, 2.45) is 17.8 Å². The van der Waals surface area contributed by atoms with Crippen molar-refractivity contribution in [1.82, 2.24) is 4.90 Å². The van der Waals surface area contributed by atoms with Gasteiger partial charge < -0.3 is 15.2 Å². The molecule has 0 radical (unpaired) electrons. The predicted octanol–water partition coefficient (Wildman–Crippen LogP) is 2.72. The van der Waals surface area contributed by atoms with Gasteiger partial charge in [-0.25, -0.2) is 0 Å². The van der Waals surface area contributed by atoms with Crippen LogP contribution in [0.25, 0.3) is 0 Å². The zero-order valence-corrected chi connectivity index (χ0v) is 25.7. The number of hydrogen-bond acceptors (Lipinski definition) is 7. The second-order valence-corrected chi connectivity index (χ2v) is 13.1. The minimum absolute atomic E-state index is 0.107. The summed E-state index contributed by atoms with van der Waals surface area (Å²) in [5.41, 5.74) is 1.50. The van der Waals surface area contributed by atoms with Gasteiger partial charge >= 0.3 is 7.12 Å². The van der Waals surface area contributed by atoms with Crippen molar-refractivity contribution in [3.05, 3.63) is 77.9 Å². The van der Waals surface area contributed by atoms with Crippen molar-refractivity contribution in [2.45, 2.75) is 34.9 Å². The molecule has 6 atom stereocenters. The molecule has 0 aromatic heterocycles. The number of phenols is 1. The minimum Gasteiger partial charge on any atom is -0.507 e. The highest BCUT2D eigenvalue weighted by Gasteiger charge is 2.76. The molecule has 43 heavy (non-hydrogen) atoms. The molecule has 2 heterocycles. The van der Waals surface area contributed by atoms with Crippen LogP contribution in [0.3, 0.4) is 0 Å². The molecule has 0 bridgehead atoms. The van der Waals surface area contributed by atoms with E-state index in [-0.39, 0.29) is 40.8 Å². The van der Waals surface area contributed by atoms with Gasteiger partial charge in [-0.05, 0) is 48.3 Å². The number of fused-ring (bicyclic) bond motifs is 4. The first-order chi connectivity index (χ1) is 20.4. The van der Waals surface area contributed by atoms with Crippen molar-refractivity contribution in [3.63, 3.8) is 0 Å². The van der Waals surface area contributed by atoms with Crippen LogP contribution < -0.4 is 10.4 Å². The second kappa shape index (κ2) is 10.6. The molecule has 0 spiro atoms. The zero-order valence-electron chi connectivity index (χ0n) is 22.6. The lowest BCUT2D eigenvalue weighted by Crippen LogP contribution is -2.60. The molecule has 2 aromatic rings. The van der Waals surface area contributed by atoms with Crippen molar-refractivity contribution < 1.29 is 34.3 Å². The van der Waals surface area contributed by atoms with E-state index in [1.807, 2.05) is 0 Å². The maximum absolute atomic E-state index is 14.1. The maximum Gasteiger partial charge on any atom is 0.488 e. The number of anilines is 1. The molecule has 2 aromatic carbocycles. The van der Waals surface area contributed by atoms with Crippen LogP contribution >= 0.6 is 39.1 Å². The number of alkyl halides is 3. The van der Waals surface area contributed by atoms with Gasteiger partial charge in [-0.15, -0.1) is 29.8 Å². The Labute approximate surface area is 266 Å². The Morgan fingerprint density at radius 1 is 1.05 bits per heavy atom. The Balaban J connectivity index is 1.52. The number of halogens is 3. The number of aromatic hydroxyl groups is 1. The summed E-state index contributed by atoms with van der Waals surface area (Å²) in [6.07, 6.45) is 3.69. The summed E-state index contributed by atoms with van der Waals surface area (Å²) in [4.78, 5) is 53.5. The molecule has 3 N–H and O–H groups in total. The van der Waals surface area contributed by atoms with E-state index in [1.54, 1.807) is 30.4 Å². The molecule has 13 heteroatoms. The fourth-order valence-electron chi connectivity index (χ4n) is 7.34. The maximum atomic E-state index is 14.1. The Morgan fingerprint density at radius 2 is 1.77 bits per heavy atom. The van der Waals surface area contributed by atoms with Crippen molar-refractivity contribution in [1.29, 1.82) is 0 Å². The fourth-order valence-corrected chi connectivity index (χ4v) is 8.76. The van der Waals surface area contributed by atoms with Gasteiger partial charge in [0.05, 0.1) is 23.0 Å². The lowest BCUT2D eigenvalue weighted by Gasteiger charge is -2.50. The standard InChI is InChI=1S/C30H26BBrCl2N2O7/c1-2-5-15-6-3-9-20(24(15)37)23-18-10-11-19-22(21(18)13-29(33)27(40)35(14-32)28(41)30(23,29)34)26(39)36(25(19)38)17-8-4-7-16(12-17)31(42)43/h2-4,6-10,12,19,21-23,37,42-43H,1,5,11,13-14H2/t19-,21+,22-,23+,29+,30-/m0/s1. The number of amides is 4. The molecule has 4 aliphatic rings. The van der Waals surface area contributed by atoms with Crippen LogP contribution in [-0.4, -0.2) is 66.0 Å². The number of imide groups is 2. The van der Waals surface area contributed by atoms with Crippen LogP contribution in [0.2, 0.25) is 0 Å². The van der Waals surface area contributed by atoms with E-state index in [0.717, 1.165) is 9.80 Å². The number of rotatable bonds is 6. The van der Waals surface area contributed by atoms with Gasteiger partial charge in [0, 0.05) is 11.5 Å². The molecule has 2 aliphatic heterocycles. The highest BCUT2D eigenvalue weighted by molar-refractivity contribution is 9.09. The highest BCUT2D eigenvalue weighted by atomic mass is 79.9. The number of likely N-dealkylation sites (tertiary alicyclic amines) is 1. The second-order valence-electron chi connectivity index (χ2n) is 11.3. The summed E-state index contributed by atoms with van der Waals surface area (Å²) in [5, 5.41) is 30.8. The number of hydrogen-bond donors (Lipinski definition) is 3. The summed E-state index contributed by atoms with van der Waals surface area (Å²) < 4.78 is 0. The number of benzene rings is 2. The number of nitrogens with zero attached hydrogens (tertiary/aromatic N) is 2. The number of phenolic OH excluding ortho intramolecular Hbond substituents is 1. The SMILES string of the molecule is C=CCc1cccc([C@H]2C3=CC[C@@H]4C(=O)N(c5cccc(B(O)O)c5)C(=O)[C@@H]4[C@@H]3C[C@@]3(Cl)C(=O)N(CBr)C(=O)[C@@]23Cl)c1O. The summed E-state index contributed by atoms with van der Waals surface area (Å²) in [5.74, 6) is -6.15. The van der Waals surface area contributed by atoms with Gasteiger partial charge in [-0.2, -0.15) is 0 Å². The van der Waals surface area contributed by atoms with Crippen molar-refractivity contribution >= 4 is 81.0 Å². The van der Waals surface area contributed by atoms with Crippen LogP contribution in [-0.2, 0) is 25.6 Å². The van der Waals surface area contributed by atoms with Crippen LogP contribution in [0.5, 0.6) is 5.75 Å². The molecule has 2 aliphatic carbocycles. The zero-order chi connectivity index (χ0) is 31.0. The fraction of sp³-hybridized carbons (Fsp3) is 0.333. The normalized spacial score (nSPS) is 31.5. The summed E-state index contributed by atoms with van der Waals surface area (Å²) in [7, 11) is -1.80. The number of carbonyl (C=O) groups is 4. The van der Waals surface area contributed by atoms with Gasteiger partial charge in [-0.3, -0.25) is 29.0 Å². The van der Waals surface area contributed by atoms with Gasteiger partial charge in [-0.1, -0.05) is 64.0 Å². The predicted molar refractivity (Wildman–Crippen MR) is 164 cm³/mol. The largest absolute Gasteiger partial charge is 0.507 e. The average molecular weight is 688 g/mol. The molecular weight excluding hydrogens is 662 g/mol. The van der Waals surface area contributed by atoms with Crippen LogP contribution in [0, 0.1) is 17.8 Å². The van der Waals surface area contributed by atoms with E-state index < -0.39 is 64.2 Å². The number of allylic oxidation sites excluding steroid dienone is 3. The minimum atomic E-state index is -2.03. The third-order valence-electron chi connectivity index (χ3n) is 9.27. The van der Waals surface area contributed by atoms with E-state index in [1.165, 1.54) is 24.3 Å². The quantitative estimate of drug-likeness (QED) is 0.140. The van der Waals surface area contributed by atoms with E-state index in [0.29, 0.717) is 17.6 Å². The van der Waals surface area contributed by atoms with Crippen molar-refractivity contribution in [3.8, 4) is 5.75 Å². The van der Waals surface area contributed by atoms with Crippen molar-refractivity contribution in [2.75, 3.05) is 10.4 Å². The number of carbonyl (C=O) groups excluding carboxylic acids is 4. The molecule has 2 saturated heterocycles. The van der Waals surface area contributed by atoms with Gasteiger partial charge in [0.25, 0.3) is 11.8 Å². The first-order valence-electron chi connectivity index (χ1n) is 13.7. The first-order valence-corrected chi connectivity index (χ1v) is 15.6. The van der Waals surface area contributed by atoms with E-state index >= 15 is 0 Å². The molecular formula is C30H26BBrCl2N2O7. The number of para-hydroxylation sites is 1. The monoisotopic (exact) mass is 686 g/mol. The smallest absolute Gasteiger partial charge is 0.488 e. The van der Waals surface area contributed by atoms with Gasteiger partial charge in [0.2, 0.25) is 11.8 Å². The molecule has 222 valence electrons. The molecule has 4 amide bonds. The first kappa shape index (κ1) is 30.1. The Kier molecular flexibility index (Phi) is 7.41. The summed E-state index contributed by atoms with van der Waals surface area (Å²) in [6, 6.07) is 10.9. The topological polar surface area (TPSA) is 135 Å². The summed E-state index contributed by atoms with van der Waals surface area (Å²) in [6.45, 7) is 3.74. The Hall–Kier alpha value is -2.96. The van der Waals surface area contributed by atoms with Gasteiger partial charge in [0.15, 0.2) is 9.75 Å². The Morgan fingerprint density at radius 3 is 2.44 bits per heavy atom. The van der Waals surface area contributed by atoms with E-state index in [9.17, 15) is 34.3 Å². The van der Waals surface area contributed by atoms with E-state index in [2.05, 4.69) is 22.5 Å². The molecule has 6 rings (SSSR count). The summed E-state index contributed by atoms with van der Waals surface area (Å²) >= 11 is 17.7.